The van der Waals surface area contributed by atoms with E-state index in [2.05, 4.69) is 59.3 Å². The van der Waals surface area contributed by atoms with Crippen LogP contribution < -0.4 is 5.73 Å². The maximum atomic E-state index is 7.05. The molecule has 0 bridgehead atoms. The summed E-state index contributed by atoms with van der Waals surface area (Å²) < 4.78 is 20.6. The minimum Gasteiger partial charge on any atom is -0.437 e. The predicted octanol–water partition coefficient (Wildman–Crippen LogP) is 10.5. The molecule has 4 nitrogen and oxygen atoms in total. The Morgan fingerprint density at radius 3 is 1.00 bits per heavy atom. The summed E-state index contributed by atoms with van der Waals surface area (Å²) in [4.78, 5) is 0. The molecular formula is C29H69NO3Si4. The van der Waals surface area contributed by atoms with Gasteiger partial charge >= 0.3 is 17.1 Å². The molecule has 2 unspecified atom stereocenters. The van der Waals surface area contributed by atoms with Gasteiger partial charge in [0.2, 0.25) is 0 Å². The van der Waals surface area contributed by atoms with Gasteiger partial charge in [0.05, 0.1) is 0 Å². The molecule has 8 heteroatoms. The number of rotatable bonds is 26. The molecule has 0 aromatic carbocycles. The molecule has 224 valence electrons. The molecule has 0 radical (unpaired) electrons. The Kier molecular flexibility index (Phi) is 21.0. The van der Waals surface area contributed by atoms with E-state index in [1.165, 1.54) is 103 Å². The van der Waals surface area contributed by atoms with Crippen molar-refractivity contribution in [1.29, 1.82) is 0 Å². The minimum atomic E-state index is -2.31. The molecule has 0 saturated heterocycles. The molecule has 0 fully saturated rings. The first kappa shape index (κ1) is 37.7. The first-order chi connectivity index (χ1) is 17.2. The summed E-state index contributed by atoms with van der Waals surface area (Å²) in [6, 6.07) is 2.07. The first-order valence-corrected chi connectivity index (χ1v) is 27.9. The number of unbranched alkanes of at least 4 members (excludes halogenated alkanes) is 15. The van der Waals surface area contributed by atoms with E-state index < -0.39 is 33.8 Å². The van der Waals surface area contributed by atoms with Gasteiger partial charge in [-0.2, -0.15) is 0 Å². The van der Waals surface area contributed by atoms with Crippen LogP contribution in [0.25, 0.3) is 0 Å². The SMILES string of the molecule is CCCCCCCCCCCCCCCCCC[Si](C)(O[Si](C)(C)C)O[Si](C)(CCCN)O[Si](C)(C)C. The van der Waals surface area contributed by atoms with Gasteiger partial charge in [-0.3, -0.25) is 0 Å². The van der Waals surface area contributed by atoms with E-state index in [4.69, 9.17) is 18.1 Å². The maximum Gasteiger partial charge on any atom is 0.315 e. The molecule has 0 saturated carbocycles. The summed E-state index contributed by atoms with van der Waals surface area (Å²) in [6.07, 6.45) is 23.4. The van der Waals surface area contributed by atoms with Crippen LogP contribution in [-0.2, 0) is 12.3 Å². The van der Waals surface area contributed by atoms with Crippen molar-refractivity contribution in [2.45, 2.75) is 181 Å². The maximum absolute atomic E-state index is 7.05. The Bertz CT molecular complexity index is 542. The van der Waals surface area contributed by atoms with Gasteiger partial charge in [-0.05, 0) is 77.4 Å². The molecule has 0 aromatic rings. The van der Waals surface area contributed by atoms with Crippen LogP contribution in [0.15, 0.2) is 0 Å². The smallest absolute Gasteiger partial charge is 0.315 e. The largest absolute Gasteiger partial charge is 0.437 e. The van der Waals surface area contributed by atoms with Crippen molar-refractivity contribution >= 4 is 33.8 Å². The summed E-state index contributed by atoms with van der Waals surface area (Å²) in [5, 5.41) is 0. The Labute approximate surface area is 238 Å². The summed E-state index contributed by atoms with van der Waals surface area (Å²) >= 11 is 0. The van der Waals surface area contributed by atoms with E-state index in [1.54, 1.807) is 0 Å². The molecule has 2 N–H and O–H groups in total. The molecule has 0 heterocycles. The number of hydrogen-bond acceptors (Lipinski definition) is 4. The monoisotopic (exact) mass is 591 g/mol. The van der Waals surface area contributed by atoms with Gasteiger partial charge in [-0.25, -0.2) is 0 Å². The van der Waals surface area contributed by atoms with Crippen molar-refractivity contribution in [3.8, 4) is 0 Å². The summed E-state index contributed by atoms with van der Waals surface area (Å²) in [5.74, 6) is 0. The Balaban J connectivity index is 4.31. The van der Waals surface area contributed by atoms with Gasteiger partial charge < -0.3 is 18.1 Å². The highest BCUT2D eigenvalue weighted by Crippen LogP contribution is 2.31. The fraction of sp³-hybridized carbons (Fsp3) is 1.00. The van der Waals surface area contributed by atoms with Crippen molar-refractivity contribution in [3.63, 3.8) is 0 Å². The third-order valence-corrected chi connectivity index (χ3v) is 21.1. The van der Waals surface area contributed by atoms with Crippen LogP contribution in [0.3, 0.4) is 0 Å². The van der Waals surface area contributed by atoms with Crippen molar-refractivity contribution in [1.82, 2.24) is 0 Å². The minimum absolute atomic E-state index is 0.702. The zero-order valence-electron chi connectivity index (χ0n) is 26.9. The van der Waals surface area contributed by atoms with Gasteiger partial charge in [0.1, 0.15) is 0 Å². The zero-order chi connectivity index (χ0) is 28.3. The quantitative estimate of drug-likeness (QED) is 0.0803. The number of nitrogens with two attached hydrogens (primary N) is 1. The lowest BCUT2D eigenvalue weighted by Gasteiger charge is -2.43. The van der Waals surface area contributed by atoms with E-state index in [0.29, 0.717) is 6.54 Å². The highest BCUT2D eigenvalue weighted by molar-refractivity contribution is 6.89. The van der Waals surface area contributed by atoms with Gasteiger partial charge in [0.25, 0.3) is 0 Å². The second-order valence-corrected chi connectivity index (χ2v) is 30.2. The third kappa shape index (κ3) is 24.2. The first-order valence-electron chi connectivity index (χ1n) is 16.0. The van der Waals surface area contributed by atoms with Gasteiger partial charge in [-0.1, -0.05) is 110 Å². The fourth-order valence-electron chi connectivity index (χ4n) is 5.42. The molecule has 0 aliphatic carbocycles. The molecule has 0 amide bonds. The molecule has 0 rings (SSSR count). The number of hydrogen-bond donors (Lipinski definition) is 1. The zero-order valence-corrected chi connectivity index (χ0v) is 30.9. The van der Waals surface area contributed by atoms with Crippen LogP contribution in [0.1, 0.15) is 116 Å². The van der Waals surface area contributed by atoms with Gasteiger partial charge in [-0.15, -0.1) is 0 Å². The average molecular weight is 592 g/mol. The lowest BCUT2D eigenvalue weighted by atomic mass is 10.0. The van der Waals surface area contributed by atoms with Gasteiger partial charge in [0, 0.05) is 0 Å². The van der Waals surface area contributed by atoms with Crippen molar-refractivity contribution in [2.24, 2.45) is 5.73 Å². The fourth-order valence-corrected chi connectivity index (χ4v) is 23.9. The Morgan fingerprint density at radius 2 is 0.703 bits per heavy atom. The van der Waals surface area contributed by atoms with E-state index in [-0.39, 0.29) is 0 Å². The normalized spacial score (nSPS) is 16.1. The summed E-state index contributed by atoms with van der Waals surface area (Å²) in [5.41, 5.74) is 5.88. The van der Waals surface area contributed by atoms with Crippen LogP contribution in [-0.4, -0.2) is 40.3 Å². The van der Waals surface area contributed by atoms with Crippen LogP contribution in [0.2, 0.25) is 64.5 Å². The topological polar surface area (TPSA) is 53.7 Å². The average Bonchev–Trinajstić information content (AvgIpc) is 2.74. The van der Waals surface area contributed by atoms with E-state index in [1.807, 2.05) is 0 Å². The van der Waals surface area contributed by atoms with E-state index >= 15 is 0 Å². The highest BCUT2D eigenvalue weighted by atomic mass is 28.5. The molecular weight excluding hydrogens is 523 g/mol. The lowest BCUT2D eigenvalue weighted by molar-refractivity contribution is 0.314. The molecule has 37 heavy (non-hydrogen) atoms. The van der Waals surface area contributed by atoms with Gasteiger partial charge in [0.15, 0.2) is 16.6 Å². The Morgan fingerprint density at radius 1 is 0.405 bits per heavy atom. The van der Waals surface area contributed by atoms with E-state index in [9.17, 15) is 0 Å². The van der Waals surface area contributed by atoms with Crippen LogP contribution in [0.4, 0.5) is 0 Å². The van der Waals surface area contributed by atoms with Crippen LogP contribution >= 0.6 is 0 Å². The lowest BCUT2D eigenvalue weighted by Crippen LogP contribution is -2.58. The summed E-state index contributed by atoms with van der Waals surface area (Å²) in [7, 11) is -8.01. The molecule has 0 spiro atoms. The van der Waals surface area contributed by atoms with E-state index in [0.717, 1.165) is 18.5 Å². The predicted molar refractivity (Wildman–Crippen MR) is 176 cm³/mol. The molecule has 2 atom stereocenters. The van der Waals surface area contributed by atoms with Crippen molar-refractivity contribution in [2.75, 3.05) is 6.54 Å². The second-order valence-electron chi connectivity index (χ2n) is 13.7. The molecule has 0 aliphatic heterocycles. The second kappa shape index (κ2) is 20.6. The third-order valence-electron chi connectivity index (χ3n) is 6.80. The summed E-state index contributed by atoms with van der Waals surface area (Å²) in [6.45, 7) is 21.3. The van der Waals surface area contributed by atoms with Crippen molar-refractivity contribution in [3.05, 3.63) is 0 Å². The molecule has 0 aliphatic rings. The van der Waals surface area contributed by atoms with Crippen molar-refractivity contribution < 1.29 is 12.3 Å². The Hall–Kier alpha value is 0.708. The van der Waals surface area contributed by atoms with Crippen LogP contribution in [0, 0.1) is 0 Å². The van der Waals surface area contributed by atoms with Crippen LogP contribution in [0.5, 0.6) is 0 Å². The molecule has 0 aromatic heterocycles. The highest BCUT2D eigenvalue weighted by Gasteiger charge is 2.46. The standard InChI is InChI=1S/C29H69NO3Si4/c1-10-11-12-13-14-15-16-17-18-19-20-21-22-23-24-25-28-36(8,31-34(2,3)4)33-37(9,29-26-27-30)32-35(5,6)7/h10-30H2,1-9H3.